The minimum atomic E-state index is -0.519. The lowest BCUT2D eigenvalue weighted by atomic mass is 9.97. The van der Waals surface area contributed by atoms with E-state index in [9.17, 15) is 14.9 Å². The monoisotopic (exact) mass is 352 g/mol. The molecule has 0 N–H and O–H groups in total. The van der Waals surface area contributed by atoms with Crippen LogP contribution in [0.2, 0.25) is 0 Å². The van der Waals surface area contributed by atoms with Crippen LogP contribution >= 0.6 is 0 Å². The molecule has 0 saturated carbocycles. The first-order valence-corrected chi connectivity index (χ1v) is 7.75. The summed E-state index contributed by atoms with van der Waals surface area (Å²) in [5.74, 6) is 0.127. The van der Waals surface area contributed by atoms with Gasteiger partial charge in [-0.2, -0.15) is 0 Å². The molecule has 0 atom stereocenters. The van der Waals surface area contributed by atoms with Gasteiger partial charge in [-0.25, -0.2) is 14.8 Å². The zero-order valence-electron chi connectivity index (χ0n) is 14.5. The van der Waals surface area contributed by atoms with Crippen LogP contribution in [0.25, 0.3) is 22.6 Å². The summed E-state index contributed by atoms with van der Waals surface area (Å²) in [4.78, 5) is 31.5. The maximum atomic E-state index is 12.3. The van der Waals surface area contributed by atoms with E-state index in [1.54, 1.807) is 37.5 Å². The van der Waals surface area contributed by atoms with E-state index < -0.39 is 10.9 Å². The number of imidazole rings is 1. The van der Waals surface area contributed by atoms with Crippen molar-refractivity contribution in [2.45, 2.75) is 6.92 Å². The molecule has 132 valence electrons. The lowest BCUT2D eigenvalue weighted by Crippen LogP contribution is -2.09. The molecule has 8 nitrogen and oxygen atoms in total. The van der Waals surface area contributed by atoms with Crippen molar-refractivity contribution in [2.24, 2.45) is 7.05 Å². The van der Waals surface area contributed by atoms with Crippen LogP contribution in [0, 0.1) is 17.0 Å². The Bertz CT molecular complexity index is 993. The van der Waals surface area contributed by atoms with Crippen molar-refractivity contribution in [2.75, 3.05) is 7.11 Å². The standard InChI is InChI=1S/C18H16N4O4/c1-11-16(18(23)26-3)14(12-4-6-13(7-5-12)22(24)25)10-15(20-11)17-19-8-9-21(17)2/h4-10H,1-3H3. The SMILES string of the molecule is COC(=O)c1c(-c2ccc([N+](=O)[O-])cc2)cc(-c2nccn2C)nc1C. The van der Waals surface area contributed by atoms with Crippen molar-refractivity contribution in [3.05, 3.63) is 64.1 Å². The molecule has 0 bridgehead atoms. The smallest absolute Gasteiger partial charge is 0.340 e. The third-order valence-electron chi connectivity index (χ3n) is 4.03. The van der Waals surface area contributed by atoms with Gasteiger partial charge in [-0.05, 0) is 30.7 Å². The molecule has 3 rings (SSSR count). The molecule has 0 aliphatic carbocycles. The molecular weight excluding hydrogens is 336 g/mol. The van der Waals surface area contributed by atoms with E-state index in [1.807, 2.05) is 11.6 Å². The Hall–Kier alpha value is -3.55. The van der Waals surface area contributed by atoms with Gasteiger partial charge in [0.15, 0.2) is 5.82 Å². The highest BCUT2D eigenvalue weighted by Crippen LogP contribution is 2.31. The molecule has 8 heteroatoms. The van der Waals surface area contributed by atoms with Crippen molar-refractivity contribution < 1.29 is 14.5 Å². The molecule has 0 amide bonds. The summed E-state index contributed by atoms with van der Waals surface area (Å²) in [5, 5.41) is 10.9. The van der Waals surface area contributed by atoms with Crippen LogP contribution in [0.4, 0.5) is 5.69 Å². The highest BCUT2D eigenvalue weighted by Gasteiger charge is 2.21. The summed E-state index contributed by atoms with van der Waals surface area (Å²) in [7, 11) is 3.15. The van der Waals surface area contributed by atoms with Gasteiger partial charge in [0.2, 0.25) is 0 Å². The number of ether oxygens (including phenoxy) is 1. The Balaban J connectivity index is 2.23. The fourth-order valence-electron chi connectivity index (χ4n) is 2.75. The van der Waals surface area contributed by atoms with Crippen LogP contribution in [-0.2, 0) is 11.8 Å². The predicted molar refractivity (Wildman–Crippen MR) is 94.6 cm³/mol. The number of hydrogen-bond donors (Lipinski definition) is 0. The van der Waals surface area contributed by atoms with E-state index in [-0.39, 0.29) is 5.69 Å². The molecule has 0 saturated heterocycles. The van der Waals surface area contributed by atoms with Crippen LogP contribution in [0.1, 0.15) is 16.1 Å². The molecule has 2 heterocycles. The van der Waals surface area contributed by atoms with Gasteiger partial charge in [-0.3, -0.25) is 10.1 Å². The fourth-order valence-corrected chi connectivity index (χ4v) is 2.75. The molecule has 0 radical (unpaired) electrons. The second-order valence-corrected chi connectivity index (χ2v) is 5.67. The van der Waals surface area contributed by atoms with E-state index in [0.29, 0.717) is 33.9 Å². The Morgan fingerprint density at radius 2 is 1.96 bits per heavy atom. The zero-order chi connectivity index (χ0) is 18.8. The number of nitro groups is 1. The van der Waals surface area contributed by atoms with Crippen molar-refractivity contribution in [1.29, 1.82) is 0 Å². The van der Waals surface area contributed by atoms with E-state index in [2.05, 4.69) is 9.97 Å². The van der Waals surface area contributed by atoms with Gasteiger partial charge in [0.05, 0.1) is 23.3 Å². The number of aryl methyl sites for hydroxylation is 2. The van der Waals surface area contributed by atoms with Crippen molar-refractivity contribution in [1.82, 2.24) is 14.5 Å². The molecule has 1 aromatic carbocycles. The van der Waals surface area contributed by atoms with Gasteiger partial charge in [0.1, 0.15) is 5.69 Å². The molecule has 2 aromatic heterocycles. The first-order chi connectivity index (χ1) is 12.4. The van der Waals surface area contributed by atoms with Gasteiger partial charge in [0, 0.05) is 37.1 Å². The van der Waals surface area contributed by atoms with Crippen molar-refractivity contribution in [3.8, 4) is 22.6 Å². The number of rotatable bonds is 4. The van der Waals surface area contributed by atoms with Crippen molar-refractivity contribution in [3.63, 3.8) is 0 Å². The maximum absolute atomic E-state index is 12.3. The Kier molecular flexibility index (Phi) is 4.49. The zero-order valence-corrected chi connectivity index (χ0v) is 14.5. The number of carbonyl (C=O) groups is 1. The van der Waals surface area contributed by atoms with E-state index >= 15 is 0 Å². The minimum Gasteiger partial charge on any atom is -0.465 e. The molecular formula is C18H16N4O4. The first kappa shape index (κ1) is 17.3. The third kappa shape index (κ3) is 3.04. The second-order valence-electron chi connectivity index (χ2n) is 5.67. The number of pyridine rings is 1. The number of esters is 1. The van der Waals surface area contributed by atoms with Crippen molar-refractivity contribution >= 4 is 11.7 Å². The number of hydrogen-bond acceptors (Lipinski definition) is 6. The van der Waals surface area contributed by atoms with Gasteiger partial charge in [0.25, 0.3) is 5.69 Å². The van der Waals surface area contributed by atoms with E-state index in [1.165, 1.54) is 19.2 Å². The predicted octanol–water partition coefficient (Wildman–Crippen LogP) is 3.15. The topological polar surface area (TPSA) is 100 Å². The number of non-ortho nitro benzene ring substituents is 1. The van der Waals surface area contributed by atoms with Crippen LogP contribution < -0.4 is 0 Å². The summed E-state index contributed by atoms with van der Waals surface area (Å²) in [6.07, 6.45) is 3.46. The number of benzene rings is 1. The lowest BCUT2D eigenvalue weighted by Gasteiger charge is -2.13. The average Bonchev–Trinajstić information content (AvgIpc) is 3.06. The van der Waals surface area contributed by atoms with Gasteiger partial charge < -0.3 is 9.30 Å². The number of nitro benzene ring substituents is 1. The molecule has 26 heavy (non-hydrogen) atoms. The summed E-state index contributed by atoms with van der Waals surface area (Å²) in [5.41, 5.74) is 2.61. The number of methoxy groups -OCH3 is 1. The fraction of sp³-hybridized carbons (Fsp3) is 0.167. The van der Waals surface area contributed by atoms with E-state index in [4.69, 9.17) is 4.74 Å². The molecule has 0 fully saturated rings. The molecule has 0 aliphatic heterocycles. The summed E-state index contributed by atoms with van der Waals surface area (Å²) >= 11 is 0. The summed E-state index contributed by atoms with van der Waals surface area (Å²) < 4.78 is 6.71. The van der Waals surface area contributed by atoms with Crippen LogP contribution in [0.15, 0.2) is 42.7 Å². The maximum Gasteiger partial charge on any atom is 0.340 e. The van der Waals surface area contributed by atoms with E-state index in [0.717, 1.165) is 0 Å². The Morgan fingerprint density at radius 1 is 1.27 bits per heavy atom. The molecule has 0 unspecified atom stereocenters. The number of aromatic nitrogens is 3. The molecule has 0 aliphatic rings. The van der Waals surface area contributed by atoms with Crippen LogP contribution in [-0.4, -0.2) is 32.5 Å². The lowest BCUT2D eigenvalue weighted by molar-refractivity contribution is -0.384. The largest absolute Gasteiger partial charge is 0.465 e. The highest BCUT2D eigenvalue weighted by atomic mass is 16.6. The highest BCUT2D eigenvalue weighted by molar-refractivity contribution is 5.99. The van der Waals surface area contributed by atoms with Gasteiger partial charge >= 0.3 is 5.97 Å². The van der Waals surface area contributed by atoms with Crippen LogP contribution in [0.3, 0.4) is 0 Å². The van der Waals surface area contributed by atoms with Gasteiger partial charge in [-0.1, -0.05) is 0 Å². The average molecular weight is 352 g/mol. The van der Waals surface area contributed by atoms with Gasteiger partial charge in [-0.15, -0.1) is 0 Å². The second kappa shape index (κ2) is 6.75. The van der Waals surface area contributed by atoms with Crippen LogP contribution in [0.5, 0.6) is 0 Å². The Labute approximate surface area is 149 Å². The Morgan fingerprint density at radius 3 is 2.50 bits per heavy atom. The third-order valence-corrected chi connectivity index (χ3v) is 4.03. The normalized spacial score (nSPS) is 10.6. The number of nitrogens with zero attached hydrogens (tertiary/aromatic N) is 4. The summed E-state index contributed by atoms with van der Waals surface area (Å²) in [6.45, 7) is 1.72. The quantitative estimate of drug-likeness (QED) is 0.406. The first-order valence-electron chi connectivity index (χ1n) is 7.75. The number of carbonyl (C=O) groups excluding carboxylic acids is 1. The minimum absolute atomic E-state index is 0.0246. The molecule has 0 spiro atoms. The summed E-state index contributed by atoms with van der Waals surface area (Å²) in [6, 6.07) is 7.73. The molecule has 3 aromatic rings.